The third kappa shape index (κ3) is 5.26. The fraction of sp³-hybridized carbons (Fsp3) is 0.529. The number of benzene rings is 1. The van der Waals surface area contributed by atoms with E-state index in [0.29, 0.717) is 12.5 Å². The quantitative estimate of drug-likeness (QED) is 0.773. The summed E-state index contributed by atoms with van der Waals surface area (Å²) in [5.74, 6) is -2.43. The monoisotopic (exact) mass is 342 g/mol. The Morgan fingerprint density at radius 3 is 2.33 bits per heavy atom. The summed E-state index contributed by atoms with van der Waals surface area (Å²) in [7, 11) is 4.29. The number of methoxy groups -OCH3 is 1. The third-order valence-corrected chi connectivity index (χ3v) is 3.52. The zero-order valence-corrected chi connectivity index (χ0v) is 14.6. The van der Waals surface area contributed by atoms with Crippen LogP contribution in [-0.4, -0.2) is 44.0 Å². The normalized spacial score (nSPS) is 13.5. The standard InChI is InChI=1S/C17H24F2N2O3/c1-10(2)8-14(17(23)24-5)20-15(16(22)21(3)4)12-7-6-11(18)9-13(12)19/h6-7,9-10,14-15,20H,8H2,1-5H3/t14-,15?/m1/s1. The largest absolute Gasteiger partial charge is 0.468 e. The first-order chi connectivity index (χ1) is 11.2. The maximum absolute atomic E-state index is 14.2. The van der Waals surface area contributed by atoms with Crippen molar-refractivity contribution in [3.8, 4) is 0 Å². The van der Waals surface area contributed by atoms with Crippen molar-refractivity contribution in [3.05, 3.63) is 35.4 Å². The van der Waals surface area contributed by atoms with E-state index in [9.17, 15) is 18.4 Å². The third-order valence-electron chi connectivity index (χ3n) is 3.52. The summed E-state index contributed by atoms with van der Waals surface area (Å²) in [5, 5.41) is 2.87. The van der Waals surface area contributed by atoms with Crippen LogP contribution < -0.4 is 5.32 Å². The molecule has 2 atom stereocenters. The SMILES string of the molecule is COC(=O)[C@@H](CC(C)C)NC(C(=O)N(C)C)c1ccc(F)cc1F. The van der Waals surface area contributed by atoms with Gasteiger partial charge in [0, 0.05) is 25.7 Å². The second kappa shape index (κ2) is 8.73. The van der Waals surface area contributed by atoms with Crippen LogP contribution in [0.5, 0.6) is 0 Å². The lowest BCUT2D eigenvalue weighted by Crippen LogP contribution is -2.46. The lowest BCUT2D eigenvalue weighted by atomic mass is 9.99. The molecule has 0 saturated carbocycles. The molecule has 0 saturated heterocycles. The van der Waals surface area contributed by atoms with Crippen LogP contribution in [0.3, 0.4) is 0 Å². The van der Waals surface area contributed by atoms with Crippen LogP contribution in [0.4, 0.5) is 8.78 Å². The van der Waals surface area contributed by atoms with Crippen LogP contribution in [0.25, 0.3) is 0 Å². The Hall–Kier alpha value is -2.02. The van der Waals surface area contributed by atoms with Crippen molar-refractivity contribution in [2.45, 2.75) is 32.4 Å². The van der Waals surface area contributed by atoms with Gasteiger partial charge in [0.05, 0.1) is 7.11 Å². The Bertz CT molecular complexity index is 591. The minimum absolute atomic E-state index is 0.0206. The van der Waals surface area contributed by atoms with Gasteiger partial charge in [0.1, 0.15) is 23.7 Å². The van der Waals surface area contributed by atoms with E-state index in [-0.39, 0.29) is 11.5 Å². The average molecular weight is 342 g/mol. The number of halogens is 2. The molecule has 0 aliphatic rings. The number of esters is 1. The highest BCUT2D eigenvalue weighted by Crippen LogP contribution is 2.22. The van der Waals surface area contributed by atoms with Gasteiger partial charge in [-0.2, -0.15) is 0 Å². The van der Waals surface area contributed by atoms with Crippen molar-refractivity contribution in [2.24, 2.45) is 5.92 Å². The van der Waals surface area contributed by atoms with E-state index in [0.717, 1.165) is 6.07 Å². The molecule has 5 nitrogen and oxygen atoms in total. The number of ether oxygens (including phenoxy) is 1. The molecule has 1 amide bonds. The highest BCUT2D eigenvalue weighted by Gasteiger charge is 2.31. The van der Waals surface area contributed by atoms with Crippen LogP contribution in [-0.2, 0) is 14.3 Å². The van der Waals surface area contributed by atoms with Gasteiger partial charge in [-0.25, -0.2) is 8.78 Å². The van der Waals surface area contributed by atoms with E-state index >= 15 is 0 Å². The Kier molecular flexibility index (Phi) is 7.28. The minimum Gasteiger partial charge on any atom is -0.468 e. The van der Waals surface area contributed by atoms with E-state index in [1.54, 1.807) is 0 Å². The molecule has 7 heteroatoms. The molecule has 0 heterocycles. The summed E-state index contributed by atoms with van der Waals surface area (Å²) in [4.78, 5) is 25.7. The molecule has 134 valence electrons. The summed E-state index contributed by atoms with van der Waals surface area (Å²) in [6.45, 7) is 3.83. The van der Waals surface area contributed by atoms with Gasteiger partial charge in [-0.1, -0.05) is 19.9 Å². The molecule has 24 heavy (non-hydrogen) atoms. The number of nitrogens with one attached hydrogen (secondary N) is 1. The molecule has 1 N–H and O–H groups in total. The molecule has 1 unspecified atom stereocenters. The number of likely N-dealkylation sites (N-methyl/N-ethyl adjacent to an activating group) is 1. The van der Waals surface area contributed by atoms with Crippen molar-refractivity contribution < 1.29 is 23.1 Å². The average Bonchev–Trinajstić information content (AvgIpc) is 2.50. The fourth-order valence-corrected chi connectivity index (χ4v) is 2.34. The summed E-state index contributed by atoms with van der Waals surface area (Å²) in [6, 6.07) is 1.08. The van der Waals surface area contributed by atoms with Crippen LogP contribution >= 0.6 is 0 Å². The van der Waals surface area contributed by atoms with Gasteiger partial charge in [-0.15, -0.1) is 0 Å². The first-order valence-corrected chi connectivity index (χ1v) is 7.67. The highest BCUT2D eigenvalue weighted by atomic mass is 19.1. The van der Waals surface area contributed by atoms with Gasteiger partial charge in [-0.3, -0.25) is 14.9 Å². The van der Waals surface area contributed by atoms with Gasteiger partial charge < -0.3 is 9.64 Å². The molecule has 1 aromatic rings. The second-order valence-corrected chi connectivity index (χ2v) is 6.20. The molecule has 0 bridgehead atoms. The Balaban J connectivity index is 3.22. The maximum atomic E-state index is 14.2. The van der Waals surface area contributed by atoms with Gasteiger partial charge in [0.25, 0.3) is 0 Å². The van der Waals surface area contributed by atoms with Crippen LogP contribution in [0, 0.1) is 17.6 Å². The van der Waals surface area contributed by atoms with Gasteiger partial charge in [-0.05, 0) is 18.4 Å². The van der Waals surface area contributed by atoms with Gasteiger partial charge in [0.2, 0.25) is 5.91 Å². The number of carbonyl (C=O) groups excluding carboxylic acids is 2. The van der Waals surface area contributed by atoms with Gasteiger partial charge in [0.15, 0.2) is 0 Å². The molecule has 0 aliphatic heterocycles. The molecule has 1 rings (SSSR count). The predicted octanol–water partition coefficient (Wildman–Crippen LogP) is 2.27. The second-order valence-electron chi connectivity index (χ2n) is 6.20. The Morgan fingerprint density at radius 1 is 1.25 bits per heavy atom. The molecular weight excluding hydrogens is 318 g/mol. The number of hydrogen-bond donors (Lipinski definition) is 1. The van der Waals surface area contributed by atoms with Crippen LogP contribution in [0.15, 0.2) is 18.2 Å². The summed E-state index contributed by atoms with van der Waals surface area (Å²) in [5.41, 5.74) is -0.0206. The number of carbonyl (C=O) groups is 2. The zero-order chi connectivity index (χ0) is 18.4. The zero-order valence-electron chi connectivity index (χ0n) is 14.6. The van der Waals surface area contributed by atoms with E-state index < -0.39 is 35.6 Å². The maximum Gasteiger partial charge on any atom is 0.322 e. The number of nitrogens with zero attached hydrogens (tertiary/aromatic N) is 1. The summed E-state index contributed by atoms with van der Waals surface area (Å²) < 4.78 is 32.1. The number of hydrogen-bond acceptors (Lipinski definition) is 4. The molecule has 1 aromatic carbocycles. The molecule has 0 fully saturated rings. The minimum atomic E-state index is -1.12. The topological polar surface area (TPSA) is 58.6 Å². The summed E-state index contributed by atoms with van der Waals surface area (Å²) in [6.07, 6.45) is 0.409. The molecule has 0 spiro atoms. The number of rotatable bonds is 7. The summed E-state index contributed by atoms with van der Waals surface area (Å²) >= 11 is 0. The molecule has 0 aromatic heterocycles. The smallest absolute Gasteiger partial charge is 0.322 e. The van der Waals surface area contributed by atoms with Crippen LogP contribution in [0.1, 0.15) is 31.9 Å². The lowest BCUT2D eigenvalue weighted by molar-refractivity contribution is -0.144. The van der Waals surface area contributed by atoms with E-state index in [2.05, 4.69) is 5.32 Å². The van der Waals surface area contributed by atoms with Crippen molar-refractivity contribution in [3.63, 3.8) is 0 Å². The van der Waals surface area contributed by atoms with Gasteiger partial charge >= 0.3 is 5.97 Å². The predicted molar refractivity (Wildman–Crippen MR) is 86.2 cm³/mol. The molecular formula is C17H24F2N2O3. The van der Waals surface area contributed by atoms with Crippen LogP contribution in [0.2, 0.25) is 0 Å². The molecule has 0 aliphatic carbocycles. The molecule has 0 radical (unpaired) electrons. The van der Waals surface area contributed by atoms with Crippen molar-refractivity contribution >= 4 is 11.9 Å². The van der Waals surface area contributed by atoms with E-state index in [1.807, 2.05) is 13.8 Å². The highest BCUT2D eigenvalue weighted by molar-refractivity contribution is 5.84. The van der Waals surface area contributed by atoms with E-state index in [4.69, 9.17) is 4.74 Å². The lowest BCUT2D eigenvalue weighted by Gasteiger charge is -2.27. The van der Waals surface area contributed by atoms with Crippen molar-refractivity contribution in [1.29, 1.82) is 0 Å². The fourth-order valence-electron chi connectivity index (χ4n) is 2.34. The Labute approximate surface area is 141 Å². The van der Waals surface area contributed by atoms with Crippen molar-refractivity contribution in [1.82, 2.24) is 10.2 Å². The number of amides is 1. The van der Waals surface area contributed by atoms with Crippen molar-refractivity contribution in [2.75, 3.05) is 21.2 Å². The van der Waals surface area contributed by atoms with E-state index in [1.165, 1.54) is 32.2 Å². The first kappa shape index (κ1) is 20.0. The first-order valence-electron chi connectivity index (χ1n) is 7.67. The Morgan fingerprint density at radius 2 is 1.88 bits per heavy atom.